The maximum Gasteiger partial charge on any atom is 0.0619 e. The Morgan fingerprint density at radius 1 is 1.32 bits per heavy atom. The molecule has 1 saturated heterocycles. The quantitative estimate of drug-likeness (QED) is 0.829. The number of rotatable bonds is 5. The molecule has 3 heteroatoms. The molecular formula is C16H32N2O. The van der Waals surface area contributed by atoms with E-state index >= 15 is 0 Å². The van der Waals surface area contributed by atoms with Gasteiger partial charge < -0.3 is 10.1 Å². The van der Waals surface area contributed by atoms with Gasteiger partial charge in [0.2, 0.25) is 0 Å². The van der Waals surface area contributed by atoms with Crippen molar-refractivity contribution in [3.63, 3.8) is 0 Å². The summed E-state index contributed by atoms with van der Waals surface area (Å²) >= 11 is 0. The van der Waals surface area contributed by atoms with Gasteiger partial charge in [-0.2, -0.15) is 0 Å². The summed E-state index contributed by atoms with van der Waals surface area (Å²) in [7, 11) is 2.14. The molecule has 0 spiro atoms. The Hall–Kier alpha value is -0.120. The van der Waals surface area contributed by atoms with Crippen molar-refractivity contribution in [1.82, 2.24) is 10.2 Å². The standard InChI is InChI=1S/C16H32N2O/c1-4-5-14-6-7-16(17-3)15(10-14)11-18-8-9-19-12-13(18)2/h13-17H,4-12H2,1-3H3. The smallest absolute Gasteiger partial charge is 0.0619 e. The predicted molar refractivity (Wildman–Crippen MR) is 80.4 cm³/mol. The van der Waals surface area contributed by atoms with Crippen LogP contribution in [0.15, 0.2) is 0 Å². The molecule has 0 aromatic rings. The van der Waals surface area contributed by atoms with Crippen molar-refractivity contribution in [3.05, 3.63) is 0 Å². The van der Waals surface area contributed by atoms with Crippen LogP contribution in [0.3, 0.4) is 0 Å². The lowest BCUT2D eigenvalue weighted by Crippen LogP contribution is -2.50. The molecule has 0 aromatic carbocycles. The summed E-state index contributed by atoms with van der Waals surface area (Å²) in [6.07, 6.45) is 6.98. The van der Waals surface area contributed by atoms with E-state index in [0.717, 1.165) is 37.6 Å². The second-order valence-corrected chi connectivity index (χ2v) is 6.54. The Labute approximate surface area is 119 Å². The minimum atomic E-state index is 0.595. The first-order valence-electron chi connectivity index (χ1n) is 8.23. The van der Waals surface area contributed by atoms with Gasteiger partial charge in [0.15, 0.2) is 0 Å². The molecule has 0 aromatic heterocycles. The Bertz CT molecular complexity index is 259. The zero-order valence-corrected chi connectivity index (χ0v) is 13.0. The maximum atomic E-state index is 5.56. The summed E-state index contributed by atoms with van der Waals surface area (Å²) in [5.74, 6) is 1.80. The SMILES string of the molecule is CCCC1CCC(NC)C(CN2CCOCC2C)C1. The molecule has 2 aliphatic rings. The van der Waals surface area contributed by atoms with E-state index in [9.17, 15) is 0 Å². The van der Waals surface area contributed by atoms with Crippen molar-refractivity contribution in [2.75, 3.05) is 33.4 Å². The molecule has 4 unspecified atom stereocenters. The number of nitrogens with zero attached hydrogens (tertiary/aromatic N) is 1. The molecule has 112 valence electrons. The van der Waals surface area contributed by atoms with Gasteiger partial charge in [-0.1, -0.05) is 19.8 Å². The van der Waals surface area contributed by atoms with Crippen LogP contribution in [0.1, 0.15) is 46.0 Å². The molecule has 1 saturated carbocycles. The van der Waals surface area contributed by atoms with Crippen LogP contribution in [0.4, 0.5) is 0 Å². The number of ether oxygens (including phenoxy) is 1. The van der Waals surface area contributed by atoms with E-state index in [0.29, 0.717) is 6.04 Å². The first kappa shape index (κ1) is 15.3. The molecule has 2 rings (SSSR count). The summed E-state index contributed by atoms with van der Waals surface area (Å²) in [6, 6.07) is 1.32. The third-order valence-corrected chi connectivity index (χ3v) is 5.13. The summed E-state index contributed by atoms with van der Waals surface area (Å²) in [5.41, 5.74) is 0. The topological polar surface area (TPSA) is 24.5 Å². The summed E-state index contributed by atoms with van der Waals surface area (Å²) < 4.78 is 5.56. The van der Waals surface area contributed by atoms with E-state index in [1.54, 1.807) is 0 Å². The van der Waals surface area contributed by atoms with E-state index in [4.69, 9.17) is 4.74 Å². The molecule has 0 radical (unpaired) electrons. The average molecular weight is 268 g/mol. The lowest BCUT2D eigenvalue weighted by molar-refractivity contribution is -0.0145. The molecule has 1 aliphatic carbocycles. The van der Waals surface area contributed by atoms with E-state index in [1.165, 1.54) is 38.6 Å². The highest BCUT2D eigenvalue weighted by molar-refractivity contribution is 4.87. The van der Waals surface area contributed by atoms with Crippen molar-refractivity contribution in [2.24, 2.45) is 11.8 Å². The third kappa shape index (κ3) is 4.17. The van der Waals surface area contributed by atoms with Crippen LogP contribution in [-0.2, 0) is 4.74 Å². The Morgan fingerprint density at radius 3 is 2.84 bits per heavy atom. The van der Waals surface area contributed by atoms with E-state index in [1.807, 2.05) is 0 Å². The zero-order valence-electron chi connectivity index (χ0n) is 13.0. The van der Waals surface area contributed by atoms with Crippen LogP contribution in [0.5, 0.6) is 0 Å². The minimum Gasteiger partial charge on any atom is -0.379 e. The van der Waals surface area contributed by atoms with E-state index in [2.05, 4.69) is 31.1 Å². The molecule has 2 fully saturated rings. The highest BCUT2D eigenvalue weighted by atomic mass is 16.5. The van der Waals surface area contributed by atoms with Crippen molar-refractivity contribution in [2.45, 2.75) is 58.0 Å². The van der Waals surface area contributed by atoms with Gasteiger partial charge >= 0.3 is 0 Å². The summed E-state index contributed by atoms with van der Waals surface area (Å²) in [5, 5.41) is 3.56. The lowest BCUT2D eigenvalue weighted by Gasteiger charge is -2.42. The Kier molecular flexibility index (Phi) is 6.11. The fraction of sp³-hybridized carbons (Fsp3) is 1.00. The minimum absolute atomic E-state index is 0.595. The molecule has 1 heterocycles. The molecule has 4 atom stereocenters. The van der Waals surface area contributed by atoms with Gasteiger partial charge in [0.05, 0.1) is 13.2 Å². The van der Waals surface area contributed by atoms with Crippen LogP contribution >= 0.6 is 0 Å². The van der Waals surface area contributed by atoms with Crippen molar-refractivity contribution in [3.8, 4) is 0 Å². The van der Waals surface area contributed by atoms with Gasteiger partial charge in [-0.25, -0.2) is 0 Å². The van der Waals surface area contributed by atoms with Crippen molar-refractivity contribution in [1.29, 1.82) is 0 Å². The normalized spacial score (nSPS) is 37.4. The van der Waals surface area contributed by atoms with Gasteiger partial charge in [0.1, 0.15) is 0 Å². The fourth-order valence-corrected chi connectivity index (χ4v) is 3.95. The van der Waals surface area contributed by atoms with Crippen LogP contribution < -0.4 is 5.32 Å². The van der Waals surface area contributed by atoms with Gasteiger partial charge in [0, 0.05) is 25.2 Å². The van der Waals surface area contributed by atoms with Crippen LogP contribution in [0, 0.1) is 11.8 Å². The third-order valence-electron chi connectivity index (χ3n) is 5.13. The summed E-state index contributed by atoms with van der Waals surface area (Å²) in [4.78, 5) is 2.65. The van der Waals surface area contributed by atoms with Gasteiger partial charge in [-0.3, -0.25) is 4.90 Å². The second kappa shape index (κ2) is 7.61. The fourth-order valence-electron chi connectivity index (χ4n) is 3.95. The second-order valence-electron chi connectivity index (χ2n) is 6.54. The van der Waals surface area contributed by atoms with E-state index in [-0.39, 0.29) is 0 Å². The Morgan fingerprint density at radius 2 is 2.16 bits per heavy atom. The Balaban J connectivity index is 1.89. The largest absolute Gasteiger partial charge is 0.379 e. The monoisotopic (exact) mass is 268 g/mol. The lowest BCUT2D eigenvalue weighted by atomic mass is 9.76. The number of hydrogen-bond donors (Lipinski definition) is 1. The molecule has 3 nitrogen and oxygen atoms in total. The highest BCUT2D eigenvalue weighted by Gasteiger charge is 2.32. The highest BCUT2D eigenvalue weighted by Crippen LogP contribution is 2.33. The van der Waals surface area contributed by atoms with E-state index < -0.39 is 0 Å². The van der Waals surface area contributed by atoms with Gasteiger partial charge in [-0.05, 0) is 45.1 Å². The number of hydrogen-bond acceptors (Lipinski definition) is 3. The molecule has 19 heavy (non-hydrogen) atoms. The number of morpholine rings is 1. The van der Waals surface area contributed by atoms with Gasteiger partial charge in [-0.15, -0.1) is 0 Å². The molecule has 0 amide bonds. The van der Waals surface area contributed by atoms with Crippen molar-refractivity contribution < 1.29 is 4.74 Å². The molecular weight excluding hydrogens is 236 g/mol. The molecule has 0 bridgehead atoms. The summed E-state index contributed by atoms with van der Waals surface area (Å²) in [6.45, 7) is 8.83. The molecule has 1 N–H and O–H groups in total. The zero-order chi connectivity index (χ0) is 13.7. The first-order valence-corrected chi connectivity index (χ1v) is 8.23. The van der Waals surface area contributed by atoms with Crippen molar-refractivity contribution >= 4 is 0 Å². The number of nitrogens with one attached hydrogen (secondary N) is 1. The predicted octanol–water partition coefficient (Wildman–Crippen LogP) is 2.51. The molecule has 1 aliphatic heterocycles. The maximum absolute atomic E-state index is 5.56. The van der Waals surface area contributed by atoms with Crippen LogP contribution in [0.25, 0.3) is 0 Å². The average Bonchev–Trinajstić information content (AvgIpc) is 2.42. The van der Waals surface area contributed by atoms with Gasteiger partial charge in [0.25, 0.3) is 0 Å². The first-order chi connectivity index (χ1) is 9.24. The van der Waals surface area contributed by atoms with Crippen LogP contribution in [-0.4, -0.2) is 50.3 Å². The van der Waals surface area contributed by atoms with Crippen LogP contribution in [0.2, 0.25) is 0 Å².